The second-order valence-electron chi connectivity index (χ2n) is 3.74. The first-order chi connectivity index (χ1) is 8.41. The Balaban J connectivity index is 2.47. The average Bonchev–Trinajstić information content (AvgIpc) is 2.80. The molecule has 0 aliphatic rings. The standard InChI is InChI=1S/C12H9F4NS/c13-10-8(11(17)7-4-5-18-6-7)2-1-3-9(10)12(14,15)16/h1-6,11H,17H2/t11-/m0/s1. The zero-order valence-electron chi connectivity index (χ0n) is 9.04. The third-order valence-corrected chi connectivity index (χ3v) is 3.27. The van der Waals surface area contributed by atoms with E-state index in [9.17, 15) is 17.6 Å². The molecule has 1 aromatic carbocycles. The lowest BCUT2D eigenvalue weighted by atomic mass is 9.99. The Labute approximate surface area is 105 Å². The maximum absolute atomic E-state index is 13.8. The summed E-state index contributed by atoms with van der Waals surface area (Å²) in [5, 5.41) is 3.42. The molecule has 0 spiro atoms. The van der Waals surface area contributed by atoms with Gasteiger partial charge in [0, 0.05) is 5.56 Å². The number of alkyl halides is 3. The number of rotatable bonds is 2. The van der Waals surface area contributed by atoms with E-state index in [-0.39, 0.29) is 5.56 Å². The van der Waals surface area contributed by atoms with E-state index in [1.54, 1.807) is 16.8 Å². The van der Waals surface area contributed by atoms with Gasteiger partial charge in [-0.1, -0.05) is 12.1 Å². The van der Waals surface area contributed by atoms with Crippen molar-refractivity contribution in [1.82, 2.24) is 0 Å². The van der Waals surface area contributed by atoms with Crippen LogP contribution in [-0.2, 0) is 6.18 Å². The largest absolute Gasteiger partial charge is 0.419 e. The highest BCUT2D eigenvalue weighted by Crippen LogP contribution is 2.34. The number of hydrogen-bond donors (Lipinski definition) is 1. The molecule has 0 aliphatic carbocycles. The lowest BCUT2D eigenvalue weighted by Gasteiger charge is -2.15. The van der Waals surface area contributed by atoms with Gasteiger partial charge in [0.05, 0.1) is 11.6 Å². The van der Waals surface area contributed by atoms with Crippen LogP contribution >= 0.6 is 11.3 Å². The van der Waals surface area contributed by atoms with Crippen molar-refractivity contribution in [2.75, 3.05) is 0 Å². The molecule has 0 bridgehead atoms. The van der Waals surface area contributed by atoms with Crippen molar-refractivity contribution >= 4 is 11.3 Å². The molecule has 0 saturated carbocycles. The van der Waals surface area contributed by atoms with Crippen molar-refractivity contribution in [3.05, 3.63) is 57.5 Å². The maximum Gasteiger partial charge on any atom is 0.419 e. The minimum absolute atomic E-state index is 0.150. The molecule has 2 rings (SSSR count). The molecule has 0 aliphatic heterocycles. The van der Waals surface area contributed by atoms with Gasteiger partial charge in [-0.25, -0.2) is 4.39 Å². The summed E-state index contributed by atoms with van der Waals surface area (Å²) in [6.45, 7) is 0. The van der Waals surface area contributed by atoms with Crippen molar-refractivity contribution in [3.63, 3.8) is 0 Å². The highest BCUT2D eigenvalue weighted by atomic mass is 32.1. The quantitative estimate of drug-likeness (QED) is 0.825. The first-order valence-corrected chi connectivity index (χ1v) is 5.99. The first-order valence-electron chi connectivity index (χ1n) is 5.04. The third-order valence-electron chi connectivity index (χ3n) is 2.57. The van der Waals surface area contributed by atoms with Gasteiger partial charge in [0.2, 0.25) is 0 Å². The Hall–Kier alpha value is -1.40. The monoisotopic (exact) mass is 275 g/mol. The van der Waals surface area contributed by atoms with Gasteiger partial charge in [-0.15, -0.1) is 0 Å². The Morgan fingerprint density at radius 3 is 2.44 bits per heavy atom. The predicted molar refractivity (Wildman–Crippen MR) is 61.8 cm³/mol. The molecule has 1 atom stereocenters. The van der Waals surface area contributed by atoms with Crippen LogP contribution in [0.2, 0.25) is 0 Å². The summed E-state index contributed by atoms with van der Waals surface area (Å²) in [6, 6.07) is 3.91. The molecule has 2 N–H and O–H groups in total. The fourth-order valence-electron chi connectivity index (χ4n) is 1.64. The van der Waals surface area contributed by atoms with Crippen LogP contribution in [0.3, 0.4) is 0 Å². The van der Waals surface area contributed by atoms with Gasteiger partial charge in [-0.3, -0.25) is 0 Å². The molecular weight excluding hydrogens is 266 g/mol. The van der Waals surface area contributed by atoms with E-state index in [1.165, 1.54) is 17.4 Å². The van der Waals surface area contributed by atoms with E-state index < -0.39 is 23.6 Å². The number of nitrogens with two attached hydrogens (primary N) is 1. The molecule has 96 valence electrons. The van der Waals surface area contributed by atoms with Gasteiger partial charge in [0.15, 0.2) is 0 Å². The minimum Gasteiger partial charge on any atom is -0.320 e. The number of benzene rings is 1. The van der Waals surface area contributed by atoms with Crippen LogP contribution in [0.15, 0.2) is 35.0 Å². The summed E-state index contributed by atoms with van der Waals surface area (Å²) >= 11 is 1.35. The maximum atomic E-state index is 13.8. The molecule has 0 unspecified atom stereocenters. The highest BCUT2D eigenvalue weighted by Gasteiger charge is 2.35. The Morgan fingerprint density at radius 1 is 1.17 bits per heavy atom. The van der Waals surface area contributed by atoms with Gasteiger partial charge < -0.3 is 5.73 Å². The highest BCUT2D eigenvalue weighted by molar-refractivity contribution is 7.08. The molecule has 0 saturated heterocycles. The number of thiophene rings is 1. The van der Waals surface area contributed by atoms with Crippen LogP contribution in [0.25, 0.3) is 0 Å². The normalized spacial score (nSPS) is 13.6. The Kier molecular flexibility index (Phi) is 3.41. The van der Waals surface area contributed by atoms with Gasteiger partial charge in [-0.05, 0) is 28.5 Å². The molecule has 1 nitrogen and oxygen atoms in total. The van der Waals surface area contributed by atoms with Gasteiger partial charge in [-0.2, -0.15) is 24.5 Å². The molecule has 6 heteroatoms. The molecule has 1 heterocycles. The first kappa shape index (κ1) is 13.0. The smallest absolute Gasteiger partial charge is 0.320 e. The van der Waals surface area contributed by atoms with Crippen LogP contribution in [0.4, 0.5) is 17.6 Å². The Morgan fingerprint density at radius 2 is 1.89 bits per heavy atom. The number of halogens is 4. The third kappa shape index (κ3) is 2.39. The van der Waals surface area contributed by atoms with Gasteiger partial charge >= 0.3 is 6.18 Å². The topological polar surface area (TPSA) is 26.0 Å². The summed E-state index contributed by atoms with van der Waals surface area (Å²) in [5.74, 6) is -1.30. The van der Waals surface area contributed by atoms with Crippen LogP contribution < -0.4 is 5.73 Å². The van der Waals surface area contributed by atoms with Crippen molar-refractivity contribution in [1.29, 1.82) is 0 Å². The minimum atomic E-state index is -4.71. The van der Waals surface area contributed by atoms with Gasteiger partial charge in [0.1, 0.15) is 5.82 Å². The molecule has 2 aromatic rings. The van der Waals surface area contributed by atoms with Crippen molar-refractivity contribution in [2.24, 2.45) is 5.73 Å². The van der Waals surface area contributed by atoms with E-state index >= 15 is 0 Å². The van der Waals surface area contributed by atoms with Crippen molar-refractivity contribution in [2.45, 2.75) is 12.2 Å². The van der Waals surface area contributed by atoms with E-state index in [0.29, 0.717) is 11.6 Å². The predicted octanol–water partition coefficient (Wildman–Crippen LogP) is 3.95. The summed E-state index contributed by atoms with van der Waals surface area (Å²) in [6.07, 6.45) is -4.71. The van der Waals surface area contributed by atoms with E-state index in [2.05, 4.69) is 0 Å². The second kappa shape index (κ2) is 4.70. The second-order valence-corrected chi connectivity index (χ2v) is 4.52. The van der Waals surface area contributed by atoms with Crippen LogP contribution in [-0.4, -0.2) is 0 Å². The fourth-order valence-corrected chi connectivity index (χ4v) is 2.34. The van der Waals surface area contributed by atoms with Crippen LogP contribution in [0.5, 0.6) is 0 Å². The van der Waals surface area contributed by atoms with Crippen molar-refractivity contribution < 1.29 is 17.6 Å². The lowest BCUT2D eigenvalue weighted by Crippen LogP contribution is -2.16. The average molecular weight is 275 g/mol. The molecule has 18 heavy (non-hydrogen) atoms. The lowest BCUT2D eigenvalue weighted by molar-refractivity contribution is -0.140. The summed E-state index contributed by atoms with van der Waals surface area (Å²) < 4.78 is 51.5. The van der Waals surface area contributed by atoms with Crippen LogP contribution in [0.1, 0.15) is 22.7 Å². The van der Waals surface area contributed by atoms with Crippen LogP contribution in [0, 0.1) is 5.82 Å². The van der Waals surface area contributed by atoms with E-state index in [0.717, 1.165) is 6.07 Å². The Bertz CT molecular complexity index is 534. The van der Waals surface area contributed by atoms with E-state index in [4.69, 9.17) is 5.73 Å². The summed E-state index contributed by atoms with van der Waals surface area (Å²) in [5.41, 5.74) is 4.93. The van der Waals surface area contributed by atoms with Crippen molar-refractivity contribution in [3.8, 4) is 0 Å². The fraction of sp³-hybridized carbons (Fsp3) is 0.167. The SMILES string of the molecule is N[C@@H](c1ccsc1)c1cccc(C(F)(F)F)c1F. The zero-order chi connectivity index (χ0) is 13.3. The van der Waals surface area contributed by atoms with E-state index in [1.807, 2.05) is 0 Å². The summed E-state index contributed by atoms with van der Waals surface area (Å²) in [7, 11) is 0. The van der Waals surface area contributed by atoms with Gasteiger partial charge in [0.25, 0.3) is 0 Å². The molecule has 0 amide bonds. The molecular formula is C12H9F4NS. The number of hydrogen-bond acceptors (Lipinski definition) is 2. The zero-order valence-corrected chi connectivity index (χ0v) is 9.86. The molecule has 0 radical (unpaired) electrons. The molecule has 1 aromatic heterocycles. The summed E-state index contributed by atoms with van der Waals surface area (Å²) in [4.78, 5) is 0. The molecule has 0 fully saturated rings.